The molecule has 5 heteroatoms. The number of carbonyl (C=O) groups excluding carboxylic acids is 1. The Labute approximate surface area is 122 Å². The van der Waals surface area contributed by atoms with Crippen molar-refractivity contribution >= 4 is 23.2 Å². The van der Waals surface area contributed by atoms with Gasteiger partial charge in [0, 0.05) is 22.7 Å². The maximum Gasteiger partial charge on any atom is 0.278 e. The molecular weight excluding hydrogens is 276 g/mol. The van der Waals surface area contributed by atoms with Crippen molar-refractivity contribution in [2.75, 3.05) is 5.32 Å². The van der Waals surface area contributed by atoms with Crippen molar-refractivity contribution < 1.29 is 9.32 Å². The molecule has 0 saturated carbocycles. The molecule has 1 aliphatic carbocycles. The number of aromatic nitrogens is 1. The quantitative estimate of drug-likeness (QED) is 0.917. The molecule has 20 heavy (non-hydrogen) atoms. The molecule has 0 spiro atoms. The van der Waals surface area contributed by atoms with Gasteiger partial charge < -0.3 is 9.84 Å². The lowest BCUT2D eigenvalue weighted by atomic mass is 9.88. The minimum atomic E-state index is -0.244. The summed E-state index contributed by atoms with van der Waals surface area (Å²) in [7, 11) is 0. The van der Waals surface area contributed by atoms with Gasteiger partial charge in [0.2, 0.25) is 0 Å². The van der Waals surface area contributed by atoms with Crippen molar-refractivity contribution in [3.63, 3.8) is 0 Å². The van der Waals surface area contributed by atoms with Gasteiger partial charge in [-0.1, -0.05) is 29.7 Å². The molecule has 1 N–H and O–H groups in total. The van der Waals surface area contributed by atoms with Crippen LogP contribution in [0.5, 0.6) is 0 Å². The Kier molecular flexibility index (Phi) is 3.49. The predicted octanol–water partition coefficient (Wildman–Crippen LogP) is 3.71. The normalized spacial score (nSPS) is 17.6. The molecule has 1 aromatic heterocycles. The minimum absolute atomic E-state index is 0.244. The number of rotatable bonds is 2. The number of carbonyl (C=O) groups is 1. The van der Waals surface area contributed by atoms with Gasteiger partial charge in [-0.15, -0.1) is 0 Å². The summed E-state index contributed by atoms with van der Waals surface area (Å²) < 4.78 is 5.28. The van der Waals surface area contributed by atoms with Crippen LogP contribution in [0.3, 0.4) is 0 Å². The van der Waals surface area contributed by atoms with Crippen LogP contribution in [0, 0.1) is 5.92 Å². The summed E-state index contributed by atoms with van der Waals surface area (Å²) in [5.41, 5.74) is 2.00. The van der Waals surface area contributed by atoms with E-state index in [1.165, 1.54) is 0 Å². The number of nitrogens with one attached hydrogen (secondary N) is 1. The molecule has 1 amide bonds. The molecule has 0 unspecified atom stereocenters. The largest absolute Gasteiger partial charge is 0.360 e. The van der Waals surface area contributed by atoms with Crippen LogP contribution in [0.1, 0.15) is 35.2 Å². The zero-order valence-corrected chi connectivity index (χ0v) is 11.9. The fourth-order valence-corrected chi connectivity index (χ4v) is 2.70. The number of hydrogen-bond acceptors (Lipinski definition) is 3. The van der Waals surface area contributed by atoms with Crippen LogP contribution < -0.4 is 5.32 Å². The van der Waals surface area contributed by atoms with Gasteiger partial charge in [-0.3, -0.25) is 4.79 Å². The van der Waals surface area contributed by atoms with E-state index in [2.05, 4.69) is 17.4 Å². The fourth-order valence-electron chi connectivity index (χ4n) is 2.51. The van der Waals surface area contributed by atoms with Crippen LogP contribution in [0.25, 0.3) is 0 Å². The maximum atomic E-state index is 12.3. The molecule has 1 heterocycles. The zero-order chi connectivity index (χ0) is 14.1. The van der Waals surface area contributed by atoms with Crippen molar-refractivity contribution in [2.24, 2.45) is 5.92 Å². The summed E-state index contributed by atoms with van der Waals surface area (Å²) in [5, 5.41) is 7.32. The average Bonchev–Trinajstić information content (AvgIpc) is 2.81. The Morgan fingerprint density at radius 1 is 1.50 bits per heavy atom. The highest BCUT2D eigenvalue weighted by atomic mass is 35.5. The van der Waals surface area contributed by atoms with Crippen molar-refractivity contribution in [1.29, 1.82) is 0 Å². The molecule has 3 rings (SSSR count). The monoisotopic (exact) mass is 290 g/mol. The minimum Gasteiger partial charge on any atom is -0.360 e. The van der Waals surface area contributed by atoms with Gasteiger partial charge in [0.15, 0.2) is 5.69 Å². The molecule has 0 aliphatic heterocycles. The number of hydrogen-bond donors (Lipinski definition) is 1. The molecule has 4 nitrogen and oxygen atoms in total. The molecule has 1 aliphatic rings. The second kappa shape index (κ2) is 5.29. The summed E-state index contributed by atoms with van der Waals surface area (Å²) in [6.07, 6.45) is 2.78. The topological polar surface area (TPSA) is 55.1 Å². The summed E-state index contributed by atoms with van der Waals surface area (Å²) in [4.78, 5) is 12.3. The molecule has 104 valence electrons. The maximum absolute atomic E-state index is 12.3. The van der Waals surface area contributed by atoms with Gasteiger partial charge in [-0.2, -0.15) is 0 Å². The van der Waals surface area contributed by atoms with E-state index in [1.54, 1.807) is 24.3 Å². The van der Waals surface area contributed by atoms with Crippen LogP contribution in [-0.2, 0) is 12.8 Å². The van der Waals surface area contributed by atoms with Crippen LogP contribution in [0.2, 0.25) is 5.02 Å². The Bertz CT molecular complexity index is 651. The van der Waals surface area contributed by atoms with Crippen molar-refractivity contribution in [3.05, 3.63) is 46.3 Å². The van der Waals surface area contributed by atoms with E-state index >= 15 is 0 Å². The van der Waals surface area contributed by atoms with Crippen molar-refractivity contribution in [3.8, 4) is 0 Å². The van der Waals surface area contributed by atoms with Crippen LogP contribution in [0.4, 0.5) is 5.69 Å². The summed E-state index contributed by atoms with van der Waals surface area (Å²) in [5.74, 6) is 1.16. The lowest BCUT2D eigenvalue weighted by molar-refractivity contribution is 0.101. The molecule has 1 atom stereocenters. The lowest BCUT2D eigenvalue weighted by Gasteiger charge is -2.16. The second-order valence-corrected chi connectivity index (χ2v) is 5.68. The van der Waals surface area contributed by atoms with E-state index in [0.29, 0.717) is 22.3 Å². The Hall–Kier alpha value is -1.81. The zero-order valence-electron chi connectivity index (χ0n) is 11.1. The molecule has 0 bridgehead atoms. The molecule has 0 fully saturated rings. The third-order valence-corrected chi connectivity index (χ3v) is 3.82. The van der Waals surface area contributed by atoms with E-state index in [9.17, 15) is 4.79 Å². The number of aryl methyl sites for hydroxylation is 1. The van der Waals surface area contributed by atoms with Gasteiger partial charge in [-0.05, 0) is 37.0 Å². The smallest absolute Gasteiger partial charge is 0.278 e. The van der Waals surface area contributed by atoms with Gasteiger partial charge in [-0.25, -0.2) is 0 Å². The molecule has 1 aromatic carbocycles. The summed E-state index contributed by atoms with van der Waals surface area (Å²) in [6.45, 7) is 2.18. The van der Waals surface area contributed by atoms with E-state index in [-0.39, 0.29) is 5.91 Å². The van der Waals surface area contributed by atoms with Gasteiger partial charge in [0.05, 0.1) is 0 Å². The fraction of sp³-hybridized carbons (Fsp3) is 0.333. The van der Waals surface area contributed by atoms with Crippen LogP contribution in [0.15, 0.2) is 28.8 Å². The predicted molar refractivity (Wildman–Crippen MR) is 77.1 cm³/mol. The lowest BCUT2D eigenvalue weighted by Crippen LogP contribution is -2.17. The van der Waals surface area contributed by atoms with Crippen LogP contribution >= 0.6 is 11.6 Å². The van der Waals surface area contributed by atoms with E-state index in [4.69, 9.17) is 16.1 Å². The second-order valence-electron chi connectivity index (χ2n) is 5.25. The first-order valence-electron chi connectivity index (χ1n) is 6.68. The molecule has 0 radical (unpaired) electrons. The van der Waals surface area contributed by atoms with Gasteiger partial charge >= 0.3 is 0 Å². The van der Waals surface area contributed by atoms with Gasteiger partial charge in [0.1, 0.15) is 5.76 Å². The Morgan fingerprint density at radius 2 is 2.35 bits per heavy atom. The number of benzene rings is 1. The first-order valence-corrected chi connectivity index (χ1v) is 7.05. The highest BCUT2D eigenvalue weighted by molar-refractivity contribution is 6.30. The van der Waals surface area contributed by atoms with Crippen LogP contribution in [-0.4, -0.2) is 11.1 Å². The number of fused-ring (bicyclic) bond motifs is 1. The summed E-state index contributed by atoms with van der Waals surface area (Å²) >= 11 is 5.90. The van der Waals surface area contributed by atoms with Gasteiger partial charge in [0.25, 0.3) is 5.91 Å². The third-order valence-electron chi connectivity index (χ3n) is 3.58. The van der Waals surface area contributed by atoms with E-state index in [0.717, 1.165) is 30.6 Å². The first kappa shape index (κ1) is 13.2. The third kappa shape index (κ3) is 2.56. The molecular formula is C15H15ClN2O2. The molecule has 0 saturated heterocycles. The number of amides is 1. The SMILES string of the molecule is C[C@H]1CCc2onc(C(=O)Nc3cccc(Cl)c3)c2C1. The van der Waals surface area contributed by atoms with Crippen molar-refractivity contribution in [2.45, 2.75) is 26.2 Å². The van der Waals surface area contributed by atoms with E-state index in [1.807, 2.05) is 0 Å². The van der Waals surface area contributed by atoms with E-state index < -0.39 is 0 Å². The molecule has 2 aromatic rings. The highest BCUT2D eigenvalue weighted by Gasteiger charge is 2.26. The first-order chi connectivity index (χ1) is 9.63. The average molecular weight is 291 g/mol. The summed E-state index contributed by atoms with van der Waals surface area (Å²) in [6, 6.07) is 7.04. The number of halogens is 1. The number of anilines is 1. The number of nitrogens with zero attached hydrogens (tertiary/aromatic N) is 1. The highest BCUT2D eigenvalue weighted by Crippen LogP contribution is 2.28. The Morgan fingerprint density at radius 3 is 3.15 bits per heavy atom. The Balaban J connectivity index is 1.83. The standard InChI is InChI=1S/C15H15ClN2O2/c1-9-5-6-13-12(7-9)14(18-20-13)15(19)17-11-4-2-3-10(16)8-11/h2-4,8-9H,5-7H2,1H3,(H,17,19)/t9-/m0/s1. The van der Waals surface area contributed by atoms with Crippen molar-refractivity contribution in [1.82, 2.24) is 5.16 Å².